The first-order valence-electron chi connectivity index (χ1n) is 7.49. The Hall–Kier alpha value is -1.55. The van der Waals surface area contributed by atoms with E-state index in [1.54, 1.807) is 0 Å². The molecule has 0 aliphatic heterocycles. The van der Waals surface area contributed by atoms with Crippen molar-refractivity contribution in [3.8, 4) is 0 Å². The second-order valence-electron chi connectivity index (χ2n) is 6.34. The number of nitrogens with one attached hydrogen (secondary N) is 1. The van der Waals surface area contributed by atoms with E-state index < -0.39 is 0 Å². The Morgan fingerprint density at radius 3 is 2.60 bits per heavy atom. The van der Waals surface area contributed by atoms with Gasteiger partial charge in [-0.1, -0.05) is 6.42 Å². The van der Waals surface area contributed by atoms with E-state index in [0.717, 1.165) is 29.6 Å². The van der Waals surface area contributed by atoms with Crippen LogP contribution in [-0.4, -0.2) is 24.4 Å². The third-order valence-corrected chi connectivity index (χ3v) is 5.04. The van der Waals surface area contributed by atoms with Crippen molar-refractivity contribution >= 4 is 11.6 Å². The lowest BCUT2D eigenvalue weighted by Crippen LogP contribution is -2.33. The van der Waals surface area contributed by atoms with E-state index in [4.69, 9.17) is 5.84 Å². The van der Waals surface area contributed by atoms with Gasteiger partial charge in [0.05, 0.1) is 0 Å². The van der Waals surface area contributed by atoms with Crippen molar-refractivity contribution in [2.45, 2.75) is 25.7 Å². The van der Waals surface area contributed by atoms with Crippen molar-refractivity contribution in [1.82, 2.24) is 4.90 Å². The summed E-state index contributed by atoms with van der Waals surface area (Å²) in [6, 6.07) is 7.32. The molecular formula is C16H23N3O. The predicted octanol–water partition coefficient (Wildman–Crippen LogP) is 2.48. The molecule has 1 aromatic carbocycles. The maximum Gasteiger partial charge on any atom is 0.253 e. The van der Waals surface area contributed by atoms with Crippen molar-refractivity contribution in [3.05, 3.63) is 29.8 Å². The average Bonchev–Trinajstić information content (AvgIpc) is 3.09. The molecule has 2 bridgehead atoms. The van der Waals surface area contributed by atoms with Crippen molar-refractivity contribution in [2.75, 3.05) is 19.0 Å². The monoisotopic (exact) mass is 273 g/mol. The van der Waals surface area contributed by atoms with Gasteiger partial charge < -0.3 is 10.3 Å². The van der Waals surface area contributed by atoms with Gasteiger partial charge in [0.25, 0.3) is 5.91 Å². The fraction of sp³-hybridized carbons (Fsp3) is 0.562. The van der Waals surface area contributed by atoms with E-state index in [0.29, 0.717) is 5.92 Å². The molecule has 3 rings (SSSR count). The number of nitrogens with two attached hydrogens (primary N) is 1. The van der Waals surface area contributed by atoms with Gasteiger partial charge in [0, 0.05) is 24.8 Å². The lowest BCUT2D eigenvalue weighted by atomic mass is 9.88. The highest BCUT2D eigenvalue weighted by Crippen LogP contribution is 2.48. The number of hydrogen-bond acceptors (Lipinski definition) is 3. The molecule has 3 unspecified atom stereocenters. The first-order valence-corrected chi connectivity index (χ1v) is 7.49. The molecule has 0 spiro atoms. The minimum Gasteiger partial charge on any atom is -0.341 e. The molecule has 0 radical (unpaired) electrons. The quantitative estimate of drug-likeness (QED) is 0.654. The number of carbonyl (C=O) groups excluding carboxylic acids is 1. The van der Waals surface area contributed by atoms with Gasteiger partial charge in [0.15, 0.2) is 0 Å². The molecule has 4 heteroatoms. The van der Waals surface area contributed by atoms with E-state index in [1.165, 1.54) is 25.7 Å². The van der Waals surface area contributed by atoms with Crippen LogP contribution in [0.4, 0.5) is 5.69 Å². The molecular weight excluding hydrogens is 250 g/mol. The largest absolute Gasteiger partial charge is 0.341 e. The average molecular weight is 273 g/mol. The molecule has 20 heavy (non-hydrogen) atoms. The molecule has 1 aromatic rings. The number of rotatable bonds is 4. The number of nitrogen functional groups attached to an aromatic ring is 1. The number of anilines is 1. The summed E-state index contributed by atoms with van der Waals surface area (Å²) >= 11 is 0. The van der Waals surface area contributed by atoms with Crippen LogP contribution in [0.3, 0.4) is 0 Å². The third kappa shape index (κ3) is 2.52. The number of nitrogens with zero attached hydrogens (tertiary/aromatic N) is 1. The minimum atomic E-state index is 0.108. The first-order chi connectivity index (χ1) is 9.67. The van der Waals surface area contributed by atoms with Gasteiger partial charge in [0.2, 0.25) is 0 Å². The summed E-state index contributed by atoms with van der Waals surface area (Å²) in [7, 11) is 1.92. The molecule has 4 nitrogen and oxygen atoms in total. The number of amides is 1. The molecule has 0 heterocycles. The zero-order valence-corrected chi connectivity index (χ0v) is 12.0. The minimum absolute atomic E-state index is 0.108. The maximum atomic E-state index is 12.4. The summed E-state index contributed by atoms with van der Waals surface area (Å²) in [6.45, 7) is 0.900. The van der Waals surface area contributed by atoms with Crippen LogP contribution in [0, 0.1) is 17.8 Å². The van der Waals surface area contributed by atoms with Gasteiger partial charge in [-0.3, -0.25) is 10.6 Å². The Bertz CT molecular complexity index is 485. The summed E-state index contributed by atoms with van der Waals surface area (Å²) in [5.74, 6) is 7.95. The summed E-state index contributed by atoms with van der Waals surface area (Å²) < 4.78 is 0. The standard InChI is InChI=1S/C16H23N3O/c1-19(10-14-9-11-2-3-13(14)8-11)16(20)12-4-6-15(18-17)7-5-12/h4-7,11,13-14,18H,2-3,8-10,17H2,1H3. The van der Waals surface area contributed by atoms with E-state index in [2.05, 4.69) is 5.43 Å². The molecule has 108 valence electrons. The molecule has 2 aliphatic rings. The SMILES string of the molecule is CN(CC1CC2CCC1C2)C(=O)c1ccc(NN)cc1. The summed E-state index contributed by atoms with van der Waals surface area (Å²) in [5.41, 5.74) is 4.12. The van der Waals surface area contributed by atoms with E-state index in [1.807, 2.05) is 36.2 Å². The molecule has 2 aliphatic carbocycles. The molecule has 3 N–H and O–H groups in total. The van der Waals surface area contributed by atoms with Gasteiger partial charge in [-0.05, 0) is 61.3 Å². The Morgan fingerprint density at radius 2 is 2.05 bits per heavy atom. The van der Waals surface area contributed by atoms with E-state index in [9.17, 15) is 4.79 Å². The van der Waals surface area contributed by atoms with Crippen LogP contribution in [0.25, 0.3) is 0 Å². The van der Waals surface area contributed by atoms with Crippen molar-refractivity contribution in [2.24, 2.45) is 23.6 Å². The smallest absolute Gasteiger partial charge is 0.253 e. The number of hydrazine groups is 1. The summed E-state index contributed by atoms with van der Waals surface area (Å²) in [5, 5.41) is 0. The number of hydrogen-bond donors (Lipinski definition) is 2. The fourth-order valence-corrected chi connectivity index (χ4v) is 3.96. The Morgan fingerprint density at radius 1 is 1.30 bits per heavy atom. The highest BCUT2D eigenvalue weighted by molar-refractivity contribution is 5.94. The molecule has 1 amide bonds. The van der Waals surface area contributed by atoms with Gasteiger partial charge in [0.1, 0.15) is 0 Å². The summed E-state index contributed by atoms with van der Waals surface area (Å²) in [6.07, 6.45) is 5.49. The Kier molecular flexibility index (Phi) is 3.66. The summed E-state index contributed by atoms with van der Waals surface area (Å²) in [4.78, 5) is 14.3. The predicted molar refractivity (Wildman–Crippen MR) is 80.2 cm³/mol. The maximum absolute atomic E-state index is 12.4. The highest BCUT2D eigenvalue weighted by atomic mass is 16.2. The molecule has 0 aromatic heterocycles. The van der Waals surface area contributed by atoms with Crippen LogP contribution in [0.15, 0.2) is 24.3 Å². The number of fused-ring (bicyclic) bond motifs is 2. The molecule has 0 saturated heterocycles. The zero-order chi connectivity index (χ0) is 14.1. The molecule has 2 saturated carbocycles. The second kappa shape index (κ2) is 5.44. The van der Waals surface area contributed by atoms with E-state index in [-0.39, 0.29) is 5.91 Å². The van der Waals surface area contributed by atoms with Crippen molar-refractivity contribution in [3.63, 3.8) is 0 Å². The number of benzene rings is 1. The number of carbonyl (C=O) groups is 1. The van der Waals surface area contributed by atoms with Crippen LogP contribution in [0.2, 0.25) is 0 Å². The first kappa shape index (κ1) is 13.4. The lowest BCUT2D eigenvalue weighted by Gasteiger charge is -2.27. The lowest BCUT2D eigenvalue weighted by molar-refractivity contribution is 0.0754. The van der Waals surface area contributed by atoms with Crippen LogP contribution in [0.5, 0.6) is 0 Å². The second-order valence-corrected chi connectivity index (χ2v) is 6.34. The van der Waals surface area contributed by atoms with Gasteiger partial charge >= 0.3 is 0 Å². The third-order valence-electron chi connectivity index (χ3n) is 5.04. The van der Waals surface area contributed by atoms with Gasteiger partial charge in [-0.15, -0.1) is 0 Å². The van der Waals surface area contributed by atoms with Crippen LogP contribution in [-0.2, 0) is 0 Å². The Labute approximate surface area is 120 Å². The van der Waals surface area contributed by atoms with Crippen LogP contribution in [0.1, 0.15) is 36.0 Å². The van der Waals surface area contributed by atoms with Crippen molar-refractivity contribution < 1.29 is 4.79 Å². The Balaban J connectivity index is 1.61. The van der Waals surface area contributed by atoms with Crippen molar-refractivity contribution in [1.29, 1.82) is 0 Å². The topological polar surface area (TPSA) is 58.4 Å². The normalized spacial score (nSPS) is 27.6. The van der Waals surface area contributed by atoms with Gasteiger partial charge in [-0.2, -0.15) is 0 Å². The van der Waals surface area contributed by atoms with Crippen LogP contribution < -0.4 is 11.3 Å². The molecule has 2 fully saturated rings. The highest BCUT2D eigenvalue weighted by Gasteiger charge is 2.40. The van der Waals surface area contributed by atoms with E-state index >= 15 is 0 Å². The van der Waals surface area contributed by atoms with Crippen LogP contribution >= 0.6 is 0 Å². The molecule has 3 atom stereocenters. The van der Waals surface area contributed by atoms with Gasteiger partial charge in [-0.25, -0.2) is 0 Å². The zero-order valence-electron chi connectivity index (χ0n) is 12.0. The fourth-order valence-electron chi connectivity index (χ4n) is 3.96.